The summed E-state index contributed by atoms with van der Waals surface area (Å²) in [5.74, 6) is 1.46. The standard InChI is InChI=1S/C22H20BrNO4/c1-26-17-10-16(19(23)22(28-3)21(17)27-2)15-11-18(25)24-20-13-7-5-4-6-12(13)8-9-14(15)20/h4-10,15H,11H2,1-3H3,(H,24,25)/t15-/m0/s1. The molecule has 6 heteroatoms. The zero-order valence-corrected chi connectivity index (χ0v) is 17.4. The van der Waals surface area contributed by atoms with E-state index in [1.54, 1.807) is 21.3 Å². The van der Waals surface area contributed by atoms with Crippen molar-refractivity contribution < 1.29 is 19.0 Å². The molecule has 1 heterocycles. The quantitative estimate of drug-likeness (QED) is 0.611. The summed E-state index contributed by atoms with van der Waals surface area (Å²) >= 11 is 3.66. The fourth-order valence-corrected chi connectivity index (χ4v) is 4.61. The second-order valence-electron chi connectivity index (χ2n) is 6.60. The summed E-state index contributed by atoms with van der Waals surface area (Å²) in [6.07, 6.45) is 0.336. The minimum atomic E-state index is -0.142. The van der Waals surface area contributed by atoms with E-state index in [4.69, 9.17) is 14.2 Å². The Bertz CT molecular complexity index is 1080. The maximum Gasteiger partial charge on any atom is 0.225 e. The Morgan fingerprint density at radius 2 is 1.71 bits per heavy atom. The molecule has 0 bridgehead atoms. The molecule has 0 aromatic heterocycles. The number of fused-ring (bicyclic) bond motifs is 3. The second kappa shape index (κ2) is 7.36. The van der Waals surface area contributed by atoms with Crippen LogP contribution in [-0.4, -0.2) is 27.2 Å². The van der Waals surface area contributed by atoms with Crippen molar-refractivity contribution in [2.75, 3.05) is 26.6 Å². The van der Waals surface area contributed by atoms with Gasteiger partial charge in [0.05, 0.1) is 31.5 Å². The maximum absolute atomic E-state index is 12.6. The third kappa shape index (κ3) is 2.88. The van der Waals surface area contributed by atoms with E-state index in [0.29, 0.717) is 23.7 Å². The van der Waals surface area contributed by atoms with Gasteiger partial charge in [-0.25, -0.2) is 0 Å². The zero-order chi connectivity index (χ0) is 19.8. The molecule has 5 nitrogen and oxygen atoms in total. The van der Waals surface area contributed by atoms with Crippen LogP contribution in [0.25, 0.3) is 10.8 Å². The number of nitrogens with one attached hydrogen (secondary N) is 1. The van der Waals surface area contributed by atoms with E-state index >= 15 is 0 Å². The minimum Gasteiger partial charge on any atom is -0.493 e. The Balaban J connectivity index is 1.97. The van der Waals surface area contributed by atoms with E-state index in [0.717, 1.165) is 32.1 Å². The average molecular weight is 442 g/mol. The summed E-state index contributed by atoms with van der Waals surface area (Å²) in [6, 6.07) is 14.1. The number of methoxy groups -OCH3 is 3. The number of anilines is 1. The van der Waals surface area contributed by atoms with Crippen molar-refractivity contribution in [3.8, 4) is 17.2 Å². The van der Waals surface area contributed by atoms with Gasteiger partial charge in [0.1, 0.15) is 0 Å². The van der Waals surface area contributed by atoms with Gasteiger partial charge in [-0.15, -0.1) is 0 Å². The molecule has 1 N–H and O–H groups in total. The normalized spacial score (nSPS) is 15.7. The highest BCUT2D eigenvalue weighted by molar-refractivity contribution is 9.10. The third-order valence-corrected chi connectivity index (χ3v) is 5.98. The first-order valence-electron chi connectivity index (χ1n) is 8.88. The van der Waals surface area contributed by atoms with Gasteiger partial charge in [-0.2, -0.15) is 0 Å². The molecule has 0 aliphatic carbocycles. The Morgan fingerprint density at radius 3 is 2.43 bits per heavy atom. The molecule has 0 radical (unpaired) electrons. The molecule has 0 spiro atoms. The average Bonchev–Trinajstić information content (AvgIpc) is 2.72. The van der Waals surface area contributed by atoms with E-state index in [-0.39, 0.29) is 11.8 Å². The summed E-state index contributed by atoms with van der Waals surface area (Å²) in [7, 11) is 4.74. The summed E-state index contributed by atoms with van der Waals surface area (Å²) in [5.41, 5.74) is 2.84. The number of carbonyl (C=O) groups is 1. The monoisotopic (exact) mass is 441 g/mol. The smallest absolute Gasteiger partial charge is 0.225 e. The van der Waals surface area contributed by atoms with Crippen LogP contribution in [0.4, 0.5) is 5.69 Å². The van der Waals surface area contributed by atoms with Crippen LogP contribution in [0.15, 0.2) is 46.9 Å². The van der Waals surface area contributed by atoms with Gasteiger partial charge in [0.2, 0.25) is 11.7 Å². The van der Waals surface area contributed by atoms with Crippen LogP contribution in [0.5, 0.6) is 17.2 Å². The summed E-state index contributed by atoms with van der Waals surface area (Å²) in [5, 5.41) is 5.18. The van der Waals surface area contributed by atoms with E-state index < -0.39 is 0 Å². The fraction of sp³-hybridized carbons (Fsp3) is 0.227. The molecule has 0 fully saturated rings. The van der Waals surface area contributed by atoms with Crippen molar-refractivity contribution in [2.45, 2.75) is 12.3 Å². The third-order valence-electron chi connectivity index (χ3n) is 5.16. The SMILES string of the molecule is COc1cc([C@H]2CC(=O)Nc3c2ccc2ccccc32)c(Br)c(OC)c1OC. The minimum absolute atomic E-state index is 0.0190. The number of ether oxygens (including phenoxy) is 3. The molecule has 4 rings (SSSR count). The predicted molar refractivity (Wildman–Crippen MR) is 113 cm³/mol. The van der Waals surface area contributed by atoms with Crippen LogP contribution in [-0.2, 0) is 4.79 Å². The number of rotatable bonds is 4. The maximum atomic E-state index is 12.6. The van der Waals surface area contributed by atoms with Crippen molar-refractivity contribution in [1.29, 1.82) is 0 Å². The number of halogens is 1. The molecule has 3 aromatic rings. The van der Waals surface area contributed by atoms with Crippen molar-refractivity contribution in [2.24, 2.45) is 0 Å². The molecule has 0 unspecified atom stereocenters. The molecule has 144 valence electrons. The van der Waals surface area contributed by atoms with E-state index in [9.17, 15) is 4.79 Å². The molecule has 1 atom stereocenters. The highest BCUT2D eigenvalue weighted by Crippen LogP contribution is 2.50. The van der Waals surface area contributed by atoms with Gasteiger partial charge < -0.3 is 19.5 Å². The van der Waals surface area contributed by atoms with Crippen molar-refractivity contribution in [1.82, 2.24) is 0 Å². The molecule has 1 aliphatic rings. The molecule has 3 aromatic carbocycles. The van der Waals surface area contributed by atoms with Crippen LogP contribution in [0.2, 0.25) is 0 Å². The Morgan fingerprint density at radius 1 is 0.964 bits per heavy atom. The van der Waals surface area contributed by atoms with Gasteiger partial charge in [0, 0.05) is 17.7 Å². The lowest BCUT2D eigenvalue weighted by molar-refractivity contribution is -0.116. The topological polar surface area (TPSA) is 56.8 Å². The molecule has 1 amide bonds. The van der Waals surface area contributed by atoms with Crippen LogP contribution in [0.3, 0.4) is 0 Å². The van der Waals surface area contributed by atoms with Crippen LogP contribution < -0.4 is 19.5 Å². The Labute approximate surface area is 171 Å². The molecule has 0 saturated carbocycles. The molecule has 0 saturated heterocycles. The summed E-state index contributed by atoms with van der Waals surface area (Å²) in [4.78, 5) is 12.6. The number of benzene rings is 3. The number of hydrogen-bond donors (Lipinski definition) is 1. The zero-order valence-electron chi connectivity index (χ0n) is 15.8. The number of carbonyl (C=O) groups excluding carboxylic acids is 1. The van der Waals surface area contributed by atoms with Gasteiger partial charge >= 0.3 is 0 Å². The lowest BCUT2D eigenvalue weighted by atomic mass is 9.83. The number of amides is 1. The van der Waals surface area contributed by atoms with Crippen molar-refractivity contribution in [3.63, 3.8) is 0 Å². The van der Waals surface area contributed by atoms with Gasteiger partial charge in [-0.3, -0.25) is 4.79 Å². The van der Waals surface area contributed by atoms with E-state index in [1.165, 1.54) is 0 Å². The van der Waals surface area contributed by atoms with Gasteiger partial charge in [-0.1, -0.05) is 36.4 Å². The van der Waals surface area contributed by atoms with Gasteiger partial charge in [-0.05, 0) is 38.5 Å². The van der Waals surface area contributed by atoms with Gasteiger partial charge in [0.25, 0.3) is 0 Å². The Hall–Kier alpha value is -2.73. The summed E-state index contributed by atoms with van der Waals surface area (Å²) in [6.45, 7) is 0. The van der Waals surface area contributed by atoms with Gasteiger partial charge in [0.15, 0.2) is 11.5 Å². The highest BCUT2D eigenvalue weighted by atomic mass is 79.9. The molecule has 28 heavy (non-hydrogen) atoms. The molecular formula is C22H20BrNO4. The Kier molecular flexibility index (Phi) is 4.89. The fourth-order valence-electron chi connectivity index (χ4n) is 3.88. The first-order valence-corrected chi connectivity index (χ1v) is 9.68. The van der Waals surface area contributed by atoms with Crippen LogP contribution in [0, 0.1) is 0 Å². The molecule has 1 aliphatic heterocycles. The van der Waals surface area contributed by atoms with Crippen molar-refractivity contribution >= 4 is 38.3 Å². The lowest BCUT2D eigenvalue weighted by Crippen LogP contribution is -2.24. The van der Waals surface area contributed by atoms with Crippen LogP contribution in [0.1, 0.15) is 23.5 Å². The predicted octanol–water partition coefficient (Wildman–Crippen LogP) is 5.10. The van der Waals surface area contributed by atoms with Crippen molar-refractivity contribution in [3.05, 3.63) is 58.1 Å². The van der Waals surface area contributed by atoms with E-state index in [1.807, 2.05) is 30.3 Å². The molecular weight excluding hydrogens is 422 g/mol. The first-order chi connectivity index (χ1) is 13.6. The second-order valence-corrected chi connectivity index (χ2v) is 7.40. The van der Waals surface area contributed by atoms with E-state index in [2.05, 4.69) is 33.4 Å². The number of hydrogen-bond acceptors (Lipinski definition) is 4. The lowest BCUT2D eigenvalue weighted by Gasteiger charge is -2.29. The highest BCUT2D eigenvalue weighted by Gasteiger charge is 2.32. The van der Waals surface area contributed by atoms with Crippen LogP contribution >= 0.6 is 15.9 Å². The first kappa shape index (κ1) is 18.6. The largest absolute Gasteiger partial charge is 0.493 e. The summed E-state index contributed by atoms with van der Waals surface area (Å²) < 4.78 is 17.3.